The van der Waals surface area contributed by atoms with Crippen molar-refractivity contribution < 1.29 is 4.79 Å². The number of hydrogen-bond acceptors (Lipinski definition) is 2. The van der Waals surface area contributed by atoms with E-state index in [-0.39, 0.29) is 5.91 Å². The average Bonchev–Trinajstić information content (AvgIpc) is 3.14. The number of carbonyl (C=O) groups is 1. The van der Waals surface area contributed by atoms with Gasteiger partial charge in [0.25, 0.3) is 0 Å². The third kappa shape index (κ3) is 3.76. The minimum atomic E-state index is 0.184. The zero-order valence-electron chi connectivity index (χ0n) is 11.3. The first kappa shape index (κ1) is 12.9. The topological polar surface area (TPSA) is 32.3 Å². The van der Waals surface area contributed by atoms with E-state index in [1.807, 2.05) is 0 Å². The first-order valence-electron chi connectivity index (χ1n) is 6.80. The zero-order chi connectivity index (χ0) is 13.0. The molecule has 0 aliphatic heterocycles. The fourth-order valence-corrected chi connectivity index (χ4v) is 2.06. The summed E-state index contributed by atoms with van der Waals surface area (Å²) in [5.41, 5.74) is 2.46. The van der Waals surface area contributed by atoms with E-state index in [2.05, 4.69) is 48.3 Å². The Morgan fingerprint density at radius 2 is 2.22 bits per heavy atom. The molecule has 1 fully saturated rings. The van der Waals surface area contributed by atoms with Crippen molar-refractivity contribution in [1.29, 1.82) is 0 Å². The van der Waals surface area contributed by atoms with Crippen LogP contribution in [0.5, 0.6) is 0 Å². The fourth-order valence-electron chi connectivity index (χ4n) is 2.06. The Balaban J connectivity index is 1.86. The molecular formula is C15H22N2O. The number of benzene rings is 1. The number of hydrogen-bond donors (Lipinski definition) is 1. The smallest absolute Gasteiger partial charge is 0.221 e. The lowest BCUT2D eigenvalue weighted by molar-refractivity contribution is -0.121. The van der Waals surface area contributed by atoms with Crippen LogP contribution in [0.25, 0.3) is 0 Å². The highest BCUT2D eigenvalue weighted by Crippen LogP contribution is 2.19. The summed E-state index contributed by atoms with van der Waals surface area (Å²) in [6, 6.07) is 8.90. The maximum Gasteiger partial charge on any atom is 0.221 e. The summed E-state index contributed by atoms with van der Waals surface area (Å²) in [6.07, 6.45) is 2.89. The Hall–Kier alpha value is -1.51. The van der Waals surface area contributed by atoms with Crippen molar-refractivity contribution in [2.75, 3.05) is 18.0 Å². The molecule has 3 nitrogen and oxygen atoms in total. The molecule has 18 heavy (non-hydrogen) atoms. The lowest BCUT2D eigenvalue weighted by atomic mass is 10.2. The quantitative estimate of drug-likeness (QED) is 0.836. The predicted octanol–water partition coefficient (Wildman–Crippen LogP) is 2.49. The number of carbonyl (C=O) groups excluding carboxylic acids is 1. The summed E-state index contributed by atoms with van der Waals surface area (Å²) >= 11 is 0. The van der Waals surface area contributed by atoms with Crippen LogP contribution in [0.15, 0.2) is 24.3 Å². The largest absolute Gasteiger partial charge is 0.371 e. The second-order valence-corrected chi connectivity index (χ2v) is 5.01. The Morgan fingerprint density at radius 3 is 2.83 bits per heavy atom. The van der Waals surface area contributed by atoms with Crippen molar-refractivity contribution >= 4 is 11.6 Å². The van der Waals surface area contributed by atoms with Gasteiger partial charge in [0.2, 0.25) is 5.91 Å². The molecule has 0 saturated heterocycles. The molecule has 0 heterocycles. The van der Waals surface area contributed by atoms with E-state index < -0.39 is 0 Å². The van der Waals surface area contributed by atoms with Gasteiger partial charge in [0.1, 0.15) is 0 Å². The average molecular weight is 246 g/mol. The molecule has 1 N–H and O–H groups in total. The molecule has 1 aliphatic carbocycles. The summed E-state index contributed by atoms with van der Waals surface area (Å²) in [5, 5.41) is 3.03. The van der Waals surface area contributed by atoms with Crippen molar-refractivity contribution in [3.8, 4) is 0 Å². The third-order valence-corrected chi connectivity index (χ3v) is 3.30. The minimum absolute atomic E-state index is 0.184. The lowest BCUT2D eigenvalue weighted by Crippen LogP contribution is -2.31. The van der Waals surface area contributed by atoms with Crippen molar-refractivity contribution in [2.45, 2.75) is 39.2 Å². The molecule has 98 valence electrons. The van der Waals surface area contributed by atoms with E-state index in [1.54, 1.807) is 0 Å². The van der Waals surface area contributed by atoms with E-state index in [4.69, 9.17) is 0 Å². The van der Waals surface area contributed by atoms with Crippen LogP contribution in [-0.4, -0.2) is 25.0 Å². The summed E-state index contributed by atoms with van der Waals surface area (Å²) in [6.45, 7) is 5.94. The zero-order valence-corrected chi connectivity index (χ0v) is 11.3. The molecule has 0 atom stereocenters. The maximum atomic E-state index is 11.7. The van der Waals surface area contributed by atoms with E-state index in [0.29, 0.717) is 12.5 Å². The van der Waals surface area contributed by atoms with Gasteiger partial charge in [-0.1, -0.05) is 12.1 Å². The first-order valence-corrected chi connectivity index (χ1v) is 6.80. The maximum absolute atomic E-state index is 11.7. The number of anilines is 1. The van der Waals surface area contributed by atoms with E-state index in [0.717, 1.165) is 25.9 Å². The van der Waals surface area contributed by atoms with Crippen LogP contribution in [0.3, 0.4) is 0 Å². The van der Waals surface area contributed by atoms with Gasteiger partial charge in [-0.05, 0) is 44.4 Å². The molecule has 0 aromatic heterocycles. The van der Waals surface area contributed by atoms with E-state index >= 15 is 0 Å². The van der Waals surface area contributed by atoms with Crippen LogP contribution in [0, 0.1) is 6.92 Å². The van der Waals surface area contributed by atoms with Gasteiger partial charge < -0.3 is 10.2 Å². The molecule has 1 amide bonds. The van der Waals surface area contributed by atoms with E-state index in [9.17, 15) is 4.79 Å². The molecule has 1 aromatic rings. The monoisotopic (exact) mass is 246 g/mol. The van der Waals surface area contributed by atoms with Crippen LogP contribution in [0.4, 0.5) is 5.69 Å². The molecule has 1 saturated carbocycles. The van der Waals surface area contributed by atoms with Crippen molar-refractivity contribution in [3.05, 3.63) is 29.8 Å². The molecule has 1 aliphatic rings. The molecular weight excluding hydrogens is 224 g/mol. The summed E-state index contributed by atoms with van der Waals surface area (Å²) < 4.78 is 0. The van der Waals surface area contributed by atoms with Crippen LogP contribution in [0.1, 0.15) is 31.7 Å². The van der Waals surface area contributed by atoms with Gasteiger partial charge in [-0.15, -0.1) is 0 Å². The second kappa shape index (κ2) is 5.89. The normalized spacial score (nSPS) is 14.3. The van der Waals surface area contributed by atoms with Gasteiger partial charge in [-0.3, -0.25) is 4.79 Å². The van der Waals surface area contributed by atoms with Crippen molar-refractivity contribution in [2.24, 2.45) is 0 Å². The Kier molecular flexibility index (Phi) is 4.24. The Morgan fingerprint density at radius 1 is 1.44 bits per heavy atom. The van der Waals surface area contributed by atoms with E-state index in [1.165, 1.54) is 11.3 Å². The summed E-state index contributed by atoms with van der Waals surface area (Å²) in [7, 11) is 0. The van der Waals surface area contributed by atoms with Gasteiger partial charge in [0, 0.05) is 31.2 Å². The second-order valence-electron chi connectivity index (χ2n) is 5.01. The SMILES string of the molecule is CCN(CCC(=O)NC1CC1)c1cccc(C)c1. The highest BCUT2D eigenvalue weighted by Gasteiger charge is 2.23. The lowest BCUT2D eigenvalue weighted by Gasteiger charge is -2.23. The number of rotatable bonds is 6. The van der Waals surface area contributed by atoms with Crippen LogP contribution < -0.4 is 10.2 Å². The highest BCUT2D eigenvalue weighted by molar-refractivity contribution is 5.77. The molecule has 0 spiro atoms. The van der Waals surface area contributed by atoms with Gasteiger partial charge >= 0.3 is 0 Å². The summed E-state index contributed by atoms with van der Waals surface area (Å²) in [4.78, 5) is 13.9. The van der Waals surface area contributed by atoms with Gasteiger partial charge in [-0.25, -0.2) is 0 Å². The molecule has 1 aromatic carbocycles. The Bertz CT molecular complexity index is 413. The Labute approximate surface area is 109 Å². The third-order valence-electron chi connectivity index (χ3n) is 3.30. The van der Waals surface area contributed by atoms with Crippen LogP contribution in [0.2, 0.25) is 0 Å². The first-order chi connectivity index (χ1) is 8.69. The van der Waals surface area contributed by atoms with Crippen LogP contribution in [-0.2, 0) is 4.79 Å². The minimum Gasteiger partial charge on any atom is -0.371 e. The number of amides is 1. The number of nitrogens with one attached hydrogen (secondary N) is 1. The van der Waals surface area contributed by atoms with Crippen LogP contribution >= 0.6 is 0 Å². The molecule has 0 bridgehead atoms. The van der Waals surface area contributed by atoms with Crippen molar-refractivity contribution in [3.63, 3.8) is 0 Å². The predicted molar refractivity (Wildman–Crippen MR) is 74.8 cm³/mol. The fraction of sp³-hybridized carbons (Fsp3) is 0.533. The standard InChI is InChI=1S/C15H22N2O/c1-3-17(14-6-4-5-12(2)11-14)10-9-15(18)16-13-7-8-13/h4-6,11,13H,3,7-10H2,1-2H3,(H,16,18). The van der Waals surface area contributed by atoms with Crippen molar-refractivity contribution in [1.82, 2.24) is 5.32 Å². The highest BCUT2D eigenvalue weighted by atomic mass is 16.1. The number of nitrogens with zero attached hydrogens (tertiary/aromatic N) is 1. The van der Waals surface area contributed by atoms with Gasteiger partial charge in [0.15, 0.2) is 0 Å². The molecule has 3 heteroatoms. The molecule has 0 radical (unpaired) electrons. The summed E-state index contributed by atoms with van der Waals surface area (Å²) in [5.74, 6) is 0.184. The van der Waals surface area contributed by atoms with Gasteiger partial charge in [0.05, 0.1) is 0 Å². The molecule has 0 unspecified atom stereocenters. The van der Waals surface area contributed by atoms with Gasteiger partial charge in [-0.2, -0.15) is 0 Å². The molecule has 2 rings (SSSR count). The number of aryl methyl sites for hydroxylation is 1.